The van der Waals surface area contributed by atoms with Crippen LogP contribution in [0.15, 0.2) is 65.7 Å². The van der Waals surface area contributed by atoms with Crippen molar-refractivity contribution in [1.82, 2.24) is 28.8 Å². The van der Waals surface area contributed by atoms with Gasteiger partial charge in [-0.2, -0.15) is 5.10 Å². The van der Waals surface area contributed by atoms with Gasteiger partial charge in [-0.3, -0.25) is 18.6 Å². The summed E-state index contributed by atoms with van der Waals surface area (Å²) in [5.74, 6) is -0.0567. The number of benzene rings is 1. The lowest BCUT2D eigenvalue weighted by Gasteiger charge is -2.33. The standard InChI is InChI=1S/C23H24N6O2/c1-26-20(11-13-25-26)22(30)27-14-6-9-18(16-27)29-21-19(10-5-12-24-21)28(23(29)31)15-17-7-3-2-4-8-17/h2-5,7-8,10-13,18H,6,9,14-16H2,1H3/t18-/m0/s1. The van der Waals surface area contributed by atoms with Crippen molar-refractivity contribution in [2.24, 2.45) is 7.05 Å². The van der Waals surface area contributed by atoms with Gasteiger partial charge in [-0.15, -0.1) is 0 Å². The van der Waals surface area contributed by atoms with Gasteiger partial charge in [0.15, 0.2) is 5.65 Å². The van der Waals surface area contributed by atoms with Gasteiger partial charge in [-0.1, -0.05) is 30.3 Å². The number of hydrogen-bond acceptors (Lipinski definition) is 4. The molecule has 4 heterocycles. The molecule has 1 aliphatic rings. The first-order valence-electron chi connectivity index (χ1n) is 10.5. The maximum absolute atomic E-state index is 13.5. The number of aromatic nitrogens is 5. The van der Waals surface area contributed by atoms with Crippen molar-refractivity contribution in [1.29, 1.82) is 0 Å². The molecular weight excluding hydrogens is 392 g/mol. The van der Waals surface area contributed by atoms with Crippen molar-refractivity contribution in [2.45, 2.75) is 25.4 Å². The third kappa shape index (κ3) is 3.43. The van der Waals surface area contributed by atoms with Gasteiger partial charge in [-0.25, -0.2) is 9.78 Å². The summed E-state index contributed by atoms with van der Waals surface area (Å²) in [5, 5.41) is 4.11. The van der Waals surface area contributed by atoms with E-state index < -0.39 is 0 Å². The highest BCUT2D eigenvalue weighted by Gasteiger charge is 2.30. The van der Waals surface area contributed by atoms with Crippen LogP contribution in [-0.2, 0) is 13.6 Å². The Morgan fingerprint density at radius 3 is 2.71 bits per heavy atom. The average molecular weight is 416 g/mol. The van der Waals surface area contributed by atoms with Crippen LogP contribution in [-0.4, -0.2) is 47.8 Å². The highest BCUT2D eigenvalue weighted by atomic mass is 16.2. The Hall–Kier alpha value is -3.68. The zero-order valence-electron chi connectivity index (χ0n) is 17.4. The molecule has 0 N–H and O–H groups in total. The second-order valence-electron chi connectivity index (χ2n) is 7.96. The lowest BCUT2D eigenvalue weighted by atomic mass is 10.0. The predicted molar refractivity (Wildman–Crippen MR) is 117 cm³/mol. The third-order valence-electron chi connectivity index (χ3n) is 5.99. The third-order valence-corrected chi connectivity index (χ3v) is 5.99. The van der Waals surface area contributed by atoms with E-state index >= 15 is 0 Å². The number of nitrogens with zero attached hydrogens (tertiary/aromatic N) is 6. The van der Waals surface area contributed by atoms with Gasteiger partial charge in [0, 0.05) is 32.5 Å². The van der Waals surface area contributed by atoms with Crippen LogP contribution in [0.3, 0.4) is 0 Å². The molecule has 8 nitrogen and oxygen atoms in total. The molecule has 158 valence electrons. The average Bonchev–Trinajstić information content (AvgIpc) is 3.35. The molecule has 1 amide bonds. The summed E-state index contributed by atoms with van der Waals surface area (Å²) in [6, 6.07) is 15.3. The fraction of sp³-hybridized carbons (Fsp3) is 0.304. The van der Waals surface area contributed by atoms with E-state index in [-0.39, 0.29) is 17.6 Å². The van der Waals surface area contributed by atoms with Crippen molar-refractivity contribution in [2.75, 3.05) is 13.1 Å². The Morgan fingerprint density at radius 1 is 1.10 bits per heavy atom. The second kappa shape index (κ2) is 7.86. The van der Waals surface area contributed by atoms with Gasteiger partial charge in [0.05, 0.1) is 18.1 Å². The van der Waals surface area contributed by atoms with Crippen molar-refractivity contribution in [3.8, 4) is 0 Å². The molecule has 5 rings (SSSR count). The normalized spacial score (nSPS) is 16.7. The predicted octanol–water partition coefficient (Wildman–Crippen LogP) is 2.46. The highest BCUT2D eigenvalue weighted by Crippen LogP contribution is 2.25. The summed E-state index contributed by atoms with van der Waals surface area (Å²) in [6.45, 7) is 1.63. The lowest BCUT2D eigenvalue weighted by molar-refractivity contribution is 0.0668. The molecule has 0 saturated carbocycles. The number of carbonyl (C=O) groups is 1. The van der Waals surface area contributed by atoms with Crippen molar-refractivity contribution in [3.63, 3.8) is 0 Å². The molecule has 1 aromatic carbocycles. The van der Waals surface area contributed by atoms with E-state index in [1.807, 2.05) is 47.4 Å². The fourth-order valence-electron chi connectivity index (χ4n) is 4.45. The maximum atomic E-state index is 13.5. The minimum atomic E-state index is -0.118. The van der Waals surface area contributed by atoms with E-state index in [1.165, 1.54) is 0 Å². The van der Waals surface area contributed by atoms with Gasteiger partial charge in [0.25, 0.3) is 5.91 Å². The van der Waals surface area contributed by atoms with E-state index in [2.05, 4.69) is 10.1 Å². The minimum Gasteiger partial charge on any atom is -0.335 e. The SMILES string of the molecule is Cn1nccc1C(=O)N1CCC[C@H](n2c(=O)n(Cc3ccccc3)c3cccnc32)C1. The number of carbonyl (C=O) groups excluding carboxylic acids is 1. The van der Waals surface area contributed by atoms with Crippen LogP contribution < -0.4 is 5.69 Å². The molecule has 0 spiro atoms. The van der Waals surface area contributed by atoms with Crippen LogP contribution >= 0.6 is 0 Å². The van der Waals surface area contributed by atoms with Crippen molar-refractivity contribution >= 4 is 17.1 Å². The van der Waals surface area contributed by atoms with Gasteiger partial charge < -0.3 is 4.90 Å². The molecule has 0 bridgehead atoms. The first kappa shape index (κ1) is 19.3. The number of rotatable bonds is 4. The van der Waals surface area contributed by atoms with Crippen molar-refractivity contribution in [3.05, 3.63) is 82.7 Å². The van der Waals surface area contributed by atoms with E-state index in [0.29, 0.717) is 31.0 Å². The van der Waals surface area contributed by atoms with Crippen LogP contribution in [0, 0.1) is 0 Å². The van der Waals surface area contributed by atoms with Crippen LogP contribution in [0.25, 0.3) is 11.2 Å². The summed E-state index contributed by atoms with van der Waals surface area (Å²) < 4.78 is 5.14. The Morgan fingerprint density at radius 2 is 1.94 bits per heavy atom. The van der Waals surface area contributed by atoms with Gasteiger partial charge in [0.1, 0.15) is 5.69 Å². The van der Waals surface area contributed by atoms with Gasteiger partial charge in [-0.05, 0) is 36.6 Å². The van der Waals surface area contributed by atoms with Gasteiger partial charge in [0.2, 0.25) is 0 Å². The summed E-state index contributed by atoms with van der Waals surface area (Å²) >= 11 is 0. The summed E-state index contributed by atoms with van der Waals surface area (Å²) in [6.07, 6.45) is 5.00. The Kier molecular flexibility index (Phi) is 4.89. The van der Waals surface area contributed by atoms with Crippen LogP contribution in [0.1, 0.15) is 34.9 Å². The Labute approximate surface area is 179 Å². The molecule has 4 aromatic rings. The molecule has 31 heavy (non-hydrogen) atoms. The first-order valence-corrected chi connectivity index (χ1v) is 10.5. The maximum Gasteiger partial charge on any atom is 0.330 e. The van der Waals surface area contributed by atoms with Crippen LogP contribution in [0.2, 0.25) is 0 Å². The molecule has 1 atom stereocenters. The number of fused-ring (bicyclic) bond motifs is 1. The van der Waals surface area contributed by atoms with Crippen LogP contribution in [0.4, 0.5) is 0 Å². The molecule has 1 saturated heterocycles. The Balaban J connectivity index is 1.51. The second-order valence-corrected chi connectivity index (χ2v) is 7.96. The van der Waals surface area contributed by atoms with E-state index in [0.717, 1.165) is 23.9 Å². The Bertz CT molecular complexity index is 1290. The van der Waals surface area contributed by atoms with E-state index in [4.69, 9.17) is 0 Å². The van der Waals surface area contributed by atoms with E-state index in [1.54, 1.807) is 39.3 Å². The zero-order valence-corrected chi connectivity index (χ0v) is 17.4. The first-order chi connectivity index (χ1) is 15.1. The minimum absolute atomic E-state index is 0.0567. The molecule has 3 aromatic heterocycles. The van der Waals surface area contributed by atoms with Crippen molar-refractivity contribution < 1.29 is 4.79 Å². The van der Waals surface area contributed by atoms with Crippen LogP contribution in [0.5, 0.6) is 0 Å². The molecule has 1 fully saturated rings. The molecular formula is C23H24N6O2. The highest BCUT2D eigenvalue weighted by molar-refractivity contribution is 5.92. The topological polar surface area (TPSA) is 78.0 Å². The fourth-order valence-corrected chi connectivity index (χ4v) is 4.45. The summed E-state index contributed by atoms with van der Waals surface area (Å²) in [5.41, 5.74) is 3.01. The summed E-state index contributed by atoms with van der Waals surface area (Å²) in [4.78, 5) is 32.9. The number of amides is 1. The summed E-state index contributed by atoms with van der Waals surface area (Å²) in [7, 11) is 1.76. The number of hydrogen-bond donors (Lipinski definition) is 0. The van der Waals surface area contributed by atoms with E-state index in [9.17, 15) is 9.59 Å². The smallest absolute Gasteiger partial charge is 0.330 e. The molecule has 0 radical (unpaired) electrons. The number of imidazole rings is 1. The molecule has 1 aliphatic heterocycles. The van der Waals surface area contributed by atoms with Gasteiger partial charge >= 0.3 is 5.69 Å². The lowest BCUT2D eigenvalue weighted by Crippen LogP contribution is -2.43. The number of aryl methyl sites for hydroxylation is 1. The quantitative estimate of drug-likeness (QED) is 0.512. The monoisotopic (exact) mass is 416 g/mol. The number of likely N-dealkylation sites (tertiary alicyclic amines) is 1. The zero-order chi connectivity index (χ0) is 21.4. The molecule has 0 unspecified atom stereocenters. The number of piperidine rings is 1. The molecule has 8 heteroatoms. The number of pyridine rings is 1. The molecule has 0 aliphatic carbocycles. The largest absolute Gasteiger partial charge is 0.335 e.